The van der Waals surface area contributed by atoms with Gasteiger partial charge in [-0.1, -0.05) is 51.1 Å². The summed E-state index contributed by atoms with van der Waals surface area (Å²) < 4.78 is 34.5. The van der Waals surface area contributed by atoms with E-state index in [9.17, 15) is 0 Å². The van der Waals surface area contributed by atoms with E-state index in [2.05, 4.69) is 82.0 Å². The van der Waals surface area contributed by atoms with Crippen molar-refractivity contribution < 1.29 is 23.4 Å². The molecular formula is C36H52N4O5Si. The lowest BCUT2D eigenvalue weighted by Crippen LogP contribution is -2.43. The van der Waals surface area contributed by atoms with E-state index in [0.29, 0.717) is 33.0 Å². The number of nitrogens with zero attached hydrogens (tertiary/aromatic N) is 4. The van der Waals surface area contributed by atoms with Gasteiger partial charge in [-0.05, 0) is 75.0 Å². The van der Waals surface area contributed by atoms with Crippen LogP contribution >= 0.6 is 0 Å². The Kier molecular flexibility index (Phi) is 11.4. The average molecular weight is 649 g/mol. The minimum atomic E-state index is -2.01. The number of aromatic nitrogens is 4. The molecule has 0 aliphatic carbocycles. The minimum absolute atomic E-state index is 0.0144. The van der Waals surface area contributed by atoms with Gasteiger partial charge < -0.3 is 23.4 Å². The summed E-state index contributed by atoms with van der Waals surface area (Å²) in [5.41, 5.74) is 4.06. The van der Waals surface area contributed by atoms with Crippen LogP contribution in [0, 0.1) is 0 Å². The van der Waals surface area contributed by atoms with Crippen LogP contribution in [-0.2, 0) is 25.6 Å². The zero-order valence-electron chi connectivity index (χ0n) is 28.7. The van der Waals surface area contributed by atoms with E-state index < -0.39 is 8.32 Å². The number of rotatable bonds is 15. The summed E-state index contributed by atoms with van der Waals surface area (Å²) in [5, 5.41) is 11.0. The fourth-order valence-electron chi connectivity index (χ4n) is 5.24. The molecule has 0 spiro atoms. The monoisotopic (exact) mass is 648 g/mol. The van der Waals surface area contributed by atoms with Crippen LogP contribution in [0.4, 0.5) is 0 Å². The normalized spacial score (nSPS) is 17.3. The molecule has 3 heterocycles. The summed E-state index contributed by atoms with van der Waals surface area (Å²) in [5.74, 6) is 0.887. The van der Waals surface area contributed by atoms with Crippen LogP contribution in [-0.4, -0.2) is 67.0 Å². The zero-order valence-corrected chi connectivity index (χ0v) is 29.7. The predicted octanol–water partition coefficient (Wildman–Crippen LogP) is 8.18. The summed E-state index contributed by atoms with van der Waals surface area (Å²) in [7, 11) is -2.01. The second-order valence-corrected chi connectivity index (χ2v) is 18.7. The summed E-state index contributed by atoms with van der Waals surface area (Å²) in [6.45, 7) is 18.9. The quantitative estimate of drug-likeness (QED) is 0.0950. The smallest absolute Gasteiger partial charge is 0.250 e. The number of benzene rings is 2. The minimum Gasteiger partial charge on any atom is -0.543 e. The van der Waals surface area contributed by atoms with Crippen LogP contribution in [0.3, 0.4) is 0 Å². The molecule has 1 aliphatic heterocycles. The van der Waals surface area contributed by atoms with Crippen molar-refractivity contribution in [2.45, 2.75) is 97.0 Å². The SMILES string of the molecule is C[C@H](COCCOC[C@H](C)n1cc(-c2nn(C3CCCCO3)c3ccc(O[Si](C)(C)C(C)(C)C)cc23)cn1)OCc1ccccc1. The van der Waals surface area contributed by atoms with Crippen molar-refractivity contribution in [3.05, 3.63) is 66.5 Å². The van der Waals surface area contributed by atoms with Crippen molar-refractivity contribution in [1.29, 1.82) is 0 Å². The third-order valence-corrected chi connectivity index (χ3v) is 13.4. The fraction of sp³-hybridized carbons (Fsp3) is 0.556. The number of fused-ring (bicyclic) bond motifs is 1. The highest BCUT2D eigenvalue weighted by Crippen LogP contribution is 2.40. The highest BCUT2D eigenvalue weighted by atomic mass is 28.4. The Morgan fingerprint density at radius 3 is 2.48 bits per heavy atom. The molecule has 9 nitrogen and oxygen atoms in total. The van der Waals surface area contributed by atoms with Crippen LogP contribution < -0.4 is 4.43 Å². The number of ether oxygens (including phenoxy) is 4. The highest BCUT2D eigenvalue weighted by Gasteiger charge is 2.39. The number of hydrogen-bond donors (Lipinski definition) is 0. The van der Waals surface area contributed by atoms with Gasteiger partial charge in [-0.2, -0.15) is 10.2 Å². The summed E-state index contributed by atoms with van der Waals surface area (Å²) >= 11 is 0. The molecule has 1 aliphatic rings. The van der Waals surface area contributed by atoms with Gasteiger partial charge in [-0.15, -0.1) is 0 Å². The van der Waals surface area contributed by atoms with E-state index in [1.165, 1.54) is 0 Å². The Hall–Kier alpha value is -3.02. The lowest BCUT2D eigenvalue weighted by Gasteiger charge is -2.36. The van der Waals surface area contributed by atoms with Crippen molar-refractivity contribution >= 4 is 19.2 Å². The van der Waals surface area contributed by atoms with Gasteiger partial charge in [-0.3, -0.25) is 4.68 Å². The van der Waals surface area contributed by atoms with Gasteiger partial charge in [0.25, 0.3) is 0 Å². The van der Waals surface area contributed by atoms with Crippen LogP contribution in [0.2, 0.25) is 18.1 Å². The third kappa shape index (κ3) is 8.66. The standard InChI is InChI=1S/C36H52N4O5Si/c1-27(24-41-19-20-42-25-28(2)44-26-29-13-9-8-10-14-29)39-23-30(22-37-39)35-32-21-31(45-46(6,7)36(3,4)5)16-17-33(32)40(38-35)34-15-11-12-18-43-34/h8-10,13-14,16-17,21-23,27-28,34H,11-12,15,18-20,24-26H2,1-7H3/t27-,28+,34?/m0/s1. The van der Waals surface area contributed by atoms with Crippen molar-refractivity contribution in [3.8, 4) is 17.0 Å². The molecule has 250 valence electrons. The summed E-state index contributed by atoms with van der Waals surface area (Å²) in [6, 6.07) is 16.6. The van der Waals surface area contributed by atoms with Gasteiger partial charge in [0.2, 0.25) is 8.32 Å². The maximum absolute atomic E-state index is 6.70. The Balaban J connectivity index is 1.20. The molecule has 5 rings (SSSR count). The summed E-state index contributed by atoms with van der Waals surface area (Å²) in [4.78, 5) is 0. The number of hydrogen-bond acceptors (Lipinski definition) is 7. The van der Waals surface area contributed by atoms with Gasteiger partial charge in [0, 0.05) is 23.8 Å². The molecule has 1 fully saturated rings. The molecule has 0 bridgehead atoms. The van der Waals surface area contributed by atoms with Crippen molar-refractivity contribution in [2.75, 3.05) is 33.0 Å². The van der Waals surface area contributed by atoms with Crippen molar-refractivity contribution in [2.24, 2.45) is 0 Å². The molecule has 46 heavy (non-hydrogen) atoms. The van der Waals surface area contributed by atoms with E-state index >= 15 is 0 Å². The Morgan fingerprint density at radius 2 is 1.76 bits per heavy atom. The molecule has 2 aromatic carbocycles. The molecule has 1 unspecified atom stereocenters. The first-order chi connectivity index (χ1) is 22.0. The molecule has 3 atom stereocenters. The maximum atomic E-state index is 6.70. The lowest BCUT2D eigenvalue weighted by atomic mass is 10.1. The van der Waals surface area contributed by atoms with Gasteiger partial charge >= 0.3 is 0 Å². The second-order valence-electron chi connectivity index (χ2n) is 14.0. The lowest BCUT2D eigenvalue weighted by molar-refractivity contribution is -0.0365. The average Bonchev–Trinajstić information content (AvgIpc) is 3.67. The van der Waals surface area contributed by atoms with E-state index in [4.69, 9.17) is 33.6 Å². The van der Waals surface area contributed by atoms with Crippen molar-refractivity contribution in [3.63, 3.8) is 0 Å². The highest BCUT2D eigenvalue weighted by molar-refractivity contribution is 6.74. The predicted molar refractivity (Wildman–Crippen MR) is 185 cm³/mol. The van der Waals surface area contributed by atoms with E-state index in [1.807, 2.05) is 36.0 Å². The molecule has 0 amide bonds. The van der Waals surface area contributed by atoms with Crippen LogP contribution in [0.15, 0.2) is 60.9 Å². The molecular weight excluding hydrogens is 597 g/mol. The third-order valence-electron chi connectivity index (χ3n) is 9.07. The Bertz CT molecular complexity index is 1520. The van der Waals surface area contributed by atoms with Crippen LogP contribution in [0.25, 0.3) is 22.2 Å². The second kappa shape index (κ2) is 15.3. The van der Waals surface area contributed by atoms with Gasteiger partial charge in [-0.25, -0.2) is 4.68 Å². The van der Waals surface area contributed by atoms with E-state index in [1.54, 1.807) is 0 Å². The van der Waals surface area contributed by atoms with Gasteiger partial charge in [0.15, 0.2) is 6.23 Å². The van der Waals surface area contributed by atoms with Crippen LogP contribution in [0.5, 0.6) is 5.75 Å². The molecule has 0 N–H and O–H groups in total. The largest absolute Gasteiger partial charge is 0.543 e. The fourth-order valence-corrected chi connectivity index (χ4v) is 6.26. The Morgan fingerprint density at radius 1 is 1.00 bits per heavy atom. The first-order valence-corrected chi connectivity index (χ1v) is 19.6. The van der Waals surface area contributed by atoms with E-state index in [-0.39, 0.29) is 23.4 Å². The molecule has 0 saturated carbocycles. The first kappa shape index (κ1) is 34.3. The first-order valence-electron chi connectivity index (χ1n) is 16.7. The topological polar surface area (TPSA) is 81.8 Å². The summed E-state index contributed by atoms with van der Waals surface area (Å²) in [6.07, 6.45) is 7.08. The Labute approximate surface area is 275 Å². The zero-order chi connectivity index (χ0) is 32.7. The molecule has 4 aromatic rings. The van der Waals surface area contributed by atoms with Crippen LogP contribution in [0.1, 0.15) is 71.7 Å². The molecule has 2 aromatic heterocycles. The van der Waals surface area contributed by atoms with Gasteiger partial charge in [0.1, 0.15) is 11.4 Å². The maximum Gasteiger partial charge on any atom is 0.250 e. The van der Waals surface area contributed by atoms with E-state index in [0.717, 1.165) is 59.3 Å². The van der Waals surface area contributed by atoms with Gasteiger partial charge in [0.05, 0.1) is 56.9 Å². The molecule has 1 saturated heterocycles. The molecule has 0 radical (unpaired) electrons. The molecule has 10 heteroatoms. The van der Waals surface area contributed by atoms with Crippen molar-refractivity contribution in [1.82, 2.24) is 19.6 Å².